The van der Waals surface area contributed by atoms with Gasteiger partial charge in [-0.05, 0) is 31.1 Å². The summed E-state index contributed by atoms with van der Waals surface area (Å²) in [7, 11) is 0. The van der Waals surface area contributed by atoms with Gasteiger partial charge in [0.1, 0.15) is 6.10 Å². The molecule has 4 fully saturated rings. The zero-order valence-electron chi connectivity index (χ0n) is 13.6. The van der Waals surface area contributed by atoms with Crippen molar-refractivity contribution in [3.63, 3.8) is 0 Å². The van der Waals surface area contributed by atoms with E-state index in [1.54, 1.807) is 0 Å². The highest BCUT2D eigenvalue weighted by Crippen LogP contribution is 2.46. The van der Waals surface area contributed by atoms with E-state index in [-0.39, 0.29) is 36.8 Å². The molecule has 4 rings (SSSR count). The molecule has 2 aliphatic heterocycles. The van der Waals surface area contributed by atoms with Crippen LogP contribution in [0.3, 0.4) is 0 Å². The van der Waals surface area contributed by atoms with Gasteiger partial charge in [0.2, 0.25) is 0 Å². The van der Waals surface area contributed by atoms with Crippen molar-refractivity contribution >= 4 is 30.7 Å². The van der Waals surface area contributed by atoms with Crippen molar-refractivity contribution in [1.29, 1.82) is 0 Å². The van der Waals surface area contributed by atoms with Gasteiger partial charge in [-0.15, -0.1) is 24.8 Å². The van der Waals surface area contributed by atoms with Gasteiger partial charge in [-0.3, -0.25) is 9.69 Å². The molecule has 134 valence electrons. The van der Waals surface area contributed by atoms with Crippen molar-refractivity contribution in [2.24, 2.45) is 11.8 Å². The maximum absolute atomic E-state index is 12.5. The summed E-state index contributed by atoms with van der Waals surface area (Å²) in [6, 6.07) is 0.814. The van der Waals surface area contributed by atoms with Crippen molar-refractivity contribution in [2.45, 2.75) is 37.8 Å². The quantitative estimate of drug-likeness (QED) is 0.797. The number of nitrogens with one attached hydrogen (secondary N) is 1. The molecule has 2 saturated carbocycles. The van der Waals surface area contributed by atoms with Gasteiger partial charge in [0.15, 0.2) is 0 Å². The Morgan fingerprint density at radius 1 is 1.04 bits per heavy atom. The summed E-state index contributed by atoms with van der Waals surface area (Å²) in [6.45, 7) is 6.06. The van der Waals surface area contributed by atoms with E-state index in [2.05, 4.69) is 10.2 Å². The monoisotopic (exact) mass is 365 g/mol. The van der Waals surface area contributed by atoms with Crippen LogP contribution in [0, 0.1) is 11.8 Å². The molecule has 0 aromatic rings. The van der Waals surface area contributed by atoms with Crippen molar-refractivity contribution < 1.29 is 9.53 Å². The van der Waals surface area contributed by atoms with Gasteiger partial charge in [0.05, 0.1) is 6.61 Å². The van der Waals surface area contributed by atoms with Crippen molar-refractivity contribution in [1.82, 2.24) is 15.1 Å². The van der Waals surface area contributed by atoms with E-state index < -0.39 is 0 Å². The van der Waals surface area contributed by atoms with E-state index in [4.69, 9.17) is 4.74 Å². The van der Waals surface area contributed by atoms with Crippen LogP contribution in [0.5, 0.6) is 0 Å². The average Bonchev–Trinajstić information content (AvgIpc) is 3.18. The maximum Gasteiger partial charge on any atom is 0.253 e. The second kappa shape index (κ2) is 8.34. The first kappa shape index (κ1) is 19.3. The number of hydrogen-bond donors (Lipinski definition) is 1. The Morgan fingerprint density at radius 2 is 1.83 bits per heavy atom. The van der Waals surface area contributed by atoms with E-state index in [0.717, 1.165) is 50.6 Å². The SMILES string of the molecule is Cl.Cl.O=C(C1CNCCO1)N1CCN(C2CC3CCC2C3)CC1. The molecule has 2 aliphatic carbocycles. The summed E-state index contributed by atoms with van der Waals surface area (Å²) in [5.74, 6) is 2.14. The lowest BCUT2D eigenvalue weighted by Gasteiger charge is -2.42. The first-order chi connectivity index (χ1) is 10.3. The van der Waals surface area contributed by atoms with E-state index in [1.165, 1.54) is 25.7 Å². The molecule has 7 heteroatoms. The van der Waals surface area contributed by atoms with Gasteiger partial charge < -0.3 is 15.0 Å². The Morgan fingerprint density at radius 3 is 2.39 bits per heavy atom. The van der Waals surface area contributed by atoms with E-state index in [1.807, 2.05) is 4.90 Å². The smallest absolute Gasteiger partial charge is 0.253 e. The minimum absolute atomic E-state index is 0. The van der Waals surface area contributed by atoms with Crippen LogP contribution in [0.4, 0.5) is 0 Å². The number of morpholine rings is 1. The molecule has 4 unspecified atom stereocenters. The van der Waals surface area contributed by atoms with Crippen LogP contribution in [0.1, 0.15) is 25.7 Å². The molecule has 2 bridgehead atoms. The van der Waals surface area contributed by atoms with Crippen LogP contribution in [-0.2, 0) is 9.53 Å². The summed E-state index contributed by atoms with van der Waals surface area (Å²) >= 11 is 0. The second-order valence-corrected chi connectivity index (χ2v) is 7.17. The molecule has 1 N–H and O–H groups in total. The molecule has 5 nitrogen and oxygen atoms in total. The van der Waals surface area contributed by atoms with Gasteiger partial charge in [-0.25, -0.2) is 0 Å². The number of amides is 1. The number of halogens is 2. The summed E-state index contributed by atoms with van der Waals surface area (Å²) in [5.41, 5.74) is 0. The maximum atomic E-state index is 12.5. The predicted octanol–water partition coefficient (Wildman–Crippen LogP) is 1.15. The summed E-state index contributed by atoms with van der Waals surface area (Å²) < 4.78 is 5.59. The van der Waals surface area contributed by atoms with Crippen LogP contribution < -0.4 is 5.32 Å². The third-order valence-corrected chi connectivity index (χ3v) is 6.00. The summed E-state index contributed by atoms with van der Waals surface area (Å²) in [4.78, 5) is 17.1. The molecule has 2 saturated heterocycles. The highest BCUT2D eigenvalue weighted by atomic mass is 35.5. The van der Waals surface area contributed by atoms with Gasteiger partial charge in [-0.1, -0.05) is 6.42 Å². The van der Waals surface area contributed by atoms with Gasteiger partial charge in [-0.2, -0.15) is 0 Å². The zero-order chi connectivity index (χ0) is 14.2. The minimum atomic E-state index is -0.257. The van der Waals surface area contributed by atoms with Crippen LogP contribution in [-0.4, -0.2) is 73.7 Å². The first-order valence-corrected chi connectivity index (χ1v) is 8.66. The van der Waals surface area contributed by atoms with Crippen molar-refractivity contribution in [3.05, 3.63) is 0 Å². The fourth-order valence-corrected chi connectivity index (χ4v) is 4.86. The fourth-order valence-electron chi connectivity index (χ4n) is 4.86. The van der Waals surface area contributed by atoms with Crippen molar-refractivity contribution in [2.75, 3.05) is 45.9 Å². The number of fused-ring (bicyclic) bond motifs is 2. The van der Waals surface area contributed by atoms with Crippen LogP contribution in [0.2, 0.25) is 0 Å². The van der Waals surface area contributed by atoms with E-state index in [0.29, 0.717) is 13.2 Å². The molecule has 0 aromatic heterocycles. The largest absolute Gasteiger partial charge is 0.366 e. The Balaban J connectivity index is 0.000000960. The van der Waals surface area contributed by atoms with Gasteiger partial charge in [0.25, 0.3) is 5.91 Å². The highest BCUT2D eigenvalue weighted by Gasteiger charge is 2.43. The number of hydrogen-bond acceptors (Lipinski definition) is 4. The minimum Gasteiger partial charge on any atom is -0.366 e. The van der Waals surface area contributed by atoms with Gasteiger partial charge >= 0.3 is 0 Å². The molecule has 0 aromatic carbocycles. The number of carbonyl (C=O) groups excluding carboxylic acids is 1. The lowest BCUT2D eigenvalue weighted by molar-refractivity contribution is -0.147. The standard InChI is InChI=1S/C16H27N3O2.2ClH/c20-16(15-11-17-3-8-21-15)19-6-4-18(5-7-19)14-10-12-1-2-13(14)9-12;;/h12-15,17H,1-11H2;2*1H. The molecule has 23 heavy (non-hydrogen) atoms. The van der Waals surface area contributed by atoms with Crippen LogP contribution >= 0.6 is 24.8 Å². The predicted molar refractivity (Wildman–Crippen MR) is 94.5 cm³/mol. The van der Waals surface area contributed by atoms with E-state index >= 15 is 0 Å². The van der Waals surface area contributed by atoms with Crippen molar-refractivity contribution in [3.8, 4) is 0 Å². The molecular formula is C16H29Cl2N3O2. The second-order valence-electron chi connectivity index (χ2n) is 7.17. The molecule has 0 radical (unpaired) electrons. The Kier molecular flexibility index (Phi) is 6.99. The molecular weight excluding hydrogens is 337 g/mol. The molecule has 4 aliphatic rings. The third kappa shape index (κ3) is 3.96. The lowest BCUT2D eigenvalue weighted by atomic mass is 9.93. The Hall–Kier alpha value is -0.0700. The Labute approximate surface area is 151 Å². The normalized spacial score (nSPS) is 37.1. The number of ether oxygens (including phenoxy) is 1. The fraction of sp³-hybridized carbons (Fsp3) is 0.938. The first-order valence-electron chi connectivity index (χ1n) is 8.66. The molecule has 1 amide bonds. The summed E-state index contributed by atoms with van der Waals surface area (Å²) in [6.07, 6.45) is 5.52. The average molecular weight is 366 g/mol. The van der Waals surface area contributed by atoms with Crippen LogP contribution in [0.15, 0.2) is 0 Å². The number of nitrogens with zero attached hydrogens (tertiary/aromatic N) is 2. The third-order valence-electron chi connectivity index (χ3n) is 6.00. The number of carbonyl (C=O) groups is 1. The van der Waals surface area contributed by atoms with E-state index in [9.17, 15) is 4.79 Å². The highest BCUT2D eigenvalue weighted by molar-refractivity contribution is 5.85. The lowest BCUT2D eigenvalue weighted by Crippen LogP contribution is -2.57. The van der Waals surface area contributed by atoms with Crippen LogP contribution in [0.25, 0.3) is 0 Å². The Bertz CT molecular complexity index is 399. The van der Waals surface area contributed by atoms with Gasteiger partial charge in [0, 0.05) is 45.3 Å². The zero-order valence-corrected chi connectivity index (χ0v) is 15.2. The number of rotatable bonds is 2. The number of piperazine rings is 1. The summed E-state index contributed by atoms with van der Waals surface area (Å²) in [5, 5.41) is 3.24. The molecule has 4 atom stereocenters. The molecule has 0 spiro atoms. The molecule has 2 heterocycles. The topological polar surface area (TPSA) is 44.8 Å².